The summed E-state index contributed by atoms with van der Waals surface area (Å²) in [6.07, 6.45) is 0. The van der Waals surface area contributed by atoms with E-state index >= 15 is 0 Å². The smallest absolute Gasteiger partial charge is 0.251 e. The van der Waals surface area contributed by atoms with Gasteiger partial charge in [0.1, 0.15) is 16.9 Å². The predicted molar refractivity (Wildman–Crippen MR) is 94.9 cm³/mol. The highest BCUT2D eigenvalue weighted by molar-refractivity contribution is 7.13. The van der Waals surface area contributed by atoms with Gasteiger partial charge in [-0.25, -0.2) is 0 Å². The molecule has 1 heterocycles. The van der Waals surface area contributed by atoms with Gasteiger partial charge in [0.25, 0.3) is 5.13 Å². The van der Waals surface area contributed by atoms with Crippen LogP contribution in [0.3, 0.4) is 0 Å². The number of aromatic nitrogens is 2. The van der Waals surface area contributed by atoms with E-state index in [1.807, 2.05) is 19.1 Å². The summed E-state index contributed by atoms with van der Waals surface area (Å²) in [6.45, 7) is 3.49. The van der Waals surface area contributed by atoms with Gasteiger partial charge in [-0.15, -0.1) is 20.4 Å². The van der Waals surface area contributed by atoms with E-state index in [-0.39, 0.29) is 14.0 Å². The second-order valence-corrected chi connectivity index (χ2v) is 5.33. The first kappa shape index (κ1) is 19.9. The van der Waals surface area contributed by atoms with Crippen LogP contribution in [0.15, 0.2) is 27.9 Å². The number of hydrogen-bond donors (Lipinski definition) is 2. The third kappa shape index (κ3) is 5.84. The fourth-order valence-electron chi connectivity index (χ4n) is 1.84. The SMILES string of the molecule is C.COc1cc(NCCOCCO)c(C)cc1N=Nc1nncs1. The van der Waals surface area contributed by atoms with Crippen LogP contribution in [0.1, 0.15) is 13.0 Å². The van der Waals surface area contributed by atoms with Crippen LogP contribution < -0.4 is 10.1 Å². The molecule has 0 amide bonds. The molecule has 0 radical (unpaired) electrons. The van der Waals surface area contributed by atoms with Crippen molar-refractivity contribution >= 4 is 27.8 Å². The third-order valence-electron chi connectivity index (χ3n) is 2.92. The number of rotatable bonds is 9. The van der Waals surface area contributed by atoms with E-state index in [2.05, 4.69) is 25.7 Å². The molecule has 0 atom stereocenters. The normalized spacial score (nSPS) is 10.6. The number of nitrogens with zero attached hydrogens (tertiary/aromatic N) is 4. The zero-order valence-electron chi connectivity index (χ0n) is 13.0. The fourth-order valence-corrected chi connectivity index (χ4v) is 2.21. The van der Waals surface area contributed by atoms with Crippen molar-refractivity contribution in [1.29, 1.82) is 0 Å². The van der Waals surface area contributed by atoms with Crippen LogP contribution in [0.25, 0.3) is 0 Å². The van der Waals surface area contributed by atoms with E-state index in [1.165, 1.54) is 11.3 Å². The molecule has 0 spiro atoms. The lowest BCUT2D eigenvalue weighted by atomic mass is 10.1. The van der Waals surface area contributed by atoms with Crippen LogP contribution in [-0.2, 0) is 4.74 Å². The Hall–Kier alpha value is -2.10. The van der Waals surface area contributed by atoms with Gasteiger partial charge in [-0.2, -0.15) is 0 Å². The van der Waals surface area contributed by atoms with Crippen LogP contribution in [0, 0.1) is 6.92 Å². The number of aliphatic hydroxyl groups is 1. The average molecular weight is 353 g/mol. The van der Waals surface area contributed by atoms with Crippen molar-refractivity contribution in [3.05, 3.63) is 23.2 Å². The maximum atomic E-state index is 8.66. The van der Waals surface area contributed by atoms with Crippen LogP contribution >= 0.6 is 11.3 Å². The zero-order valence-corrected chi connectivity index (χ0v) is 13.8. The molecule has 0 fully saturated rings. The van der Waals surface area contributed by atoms with Crippen LogP contribution in [0.2, 0.25) is 0 Å². The van der Waals surface area contributed by atoms with Gasteiger partial charge in [0.15, 0.2) is 0 Å². The Labute approximate surface area is 145 Å². The van der Waals surface area contributed by atoms with Crippen molar-refractivity contribution in [2.75, 3.05) is 38.8 Å². The summed E-state index contributed by atoms with van der Waals surface area (Å²) in [6, 6.07) is 3.76. The van der Waals surface area contributed by atoms with Crippen molar-refractivity contribution in [2.24, 2.45) is 10.2 Å². The molecule has 24 heavy (non-hydrogen) atoms. The van der Waals surface area contributed by atoms with Crippen LogP contribution in [0.5, 0.6) is 5.75 Å². The van der Waals surface area contributed by atoms with E-state index in [4.69, 9.17) is 14.6 Å². The molecule has 0 aliphatic heterocycles. The molecule has 0 saturated heterocycles. The first-order chi connectivity index (χ1) is 11.2. The zero-order chi connectivity index (χ0) is 16.5. The lowest BCUT2D eigenvalue weighted by Crippen LogP contribution is -2.12. The largest absolute Gasteiger partial charge is 0.494 e. The summed E-state index contributed by atoms with van der Waals surface area (Å²) in [5, 5.41) is 28.1. The first-order valence-corrected chi connectivity index (χ1v) is 7.91. The molecular formula is C15H23N5O3S. The summed E-state index contributed by atoms with van der Waals surface area (Å²) in [4.78, 5) is 0. The minimum atomic E-state index is 0. The third-order valence-corrected chi connectivity index (χ3v) is 3.49. The van der Waals surface area contributed by atoms with Gasteiger partial charge in [0, 0.05) is 18.3 Å². The molecule has 2 rings (SSSR count). The van der Waals surface area contributed by atoms with Gasteiger partial charge in [0.2, 0.25) is 0 Å². The molecule has 1 aromatic carbocycles. The number of ether oxygens (including phenoxy) is 2. The number of anilines is 1. The lowest BCUT2D eigenvalue weighted by Gasteiger charge is -2.13. The van der Waals surface area contributed by atoms with E-state index in [1.54, 1.807) is 12.6 Å². The van der Waals surface area contributed by atoms with E-state index in [0.29, 0.717) is 36.3 Å². The van der Waals surface area contributed by atoms with E-state index in [0.717, 1.165) is 11.3 Å². The second kappa shape index (κ2) is 10.6. The minimum Gasteiger partial charge on any atom is -0.494 e. The van der Waals surface area contributed by atoms with Crippen molar-refractivity contribution in [1.82, 2.24) is 10.2 Å². The molecule has 2 N–H and O–H groups in total. The molecule has 0 saturated carbocycles. The highest BCUT2D eigenvalue weighted by atomic mass is 32.1. The number of aryl methyl sites for hydroxylation is 1. The predicted octanol–water partition coefficient (Wildman–Crippen LogP) is 3.33. The number of benzene rings is 1. The molecule has 0 aliphatic rings. The quantitative estimate of drug-likeness (QED) is 0.530. The Bertz CT molecular complexity index is 634. The average Bonchev–Trinajstić information content (AvgIpc) is 3.07. The van der Waals surface area contributed by atoms with Crippen LogP contribution in [0.4, 0.5) is 16.5 Å². The maximum absolute atomic E-state index is 8.66. The van der Waals surface area contributed by atoms with E-state index < -0.39 is 0 Å². The summed E-state index contributed by atoms with van der Waals surface area (Å²) in [5.74, 6) is 0.614. The number of methoxy groups -OCH3 is 1. The number of nitrogens with one attached hydrogen (secondary N) is 1. The molecule has 132 valence electrons. The molecule has 9 heteroatoms. The molecule has 0 aliphatic carbocycles. The Morgan fingerprint density at radius 1 is 1.29 bits per heavy atom. The van der Waals surface area contributed by atoms with Gasteiger partial charge in [0.05, 0.1) is 26.9 Å². The topological polar surface area (TPSA) is 101 Å². The molecule has 0 bridgehead atoms. The highest BCUT2D eigenvalue weighted by Gasteiger charge is 2.08. The Balaban J connectivity index is 0.00000288. The Morgan fingerprint density at radius 2 is 2.12 bits per heavy atom. The van der Waals surface area contributed by atoms with Crippen LogP contribution in [-0.4, -0.2) is 48.8 Å². The fraction of sp³-hybridized carbons (Fsp3) is 0.467. The number of azo groups is 1. The molecule has 1 aromatic heterocycles. The van der Waals surface area contributed by atoms with Crippen molar-refractivity contribution < 1.29 is 14.6 Å². The molecular weight excluding hydrogens is 330 g/mol. The monoisotopic (exact) mass is 353 g/mol. The summed E-state index contributed by atoms with van der Waals surface area (Å²) < 4.78 is 10.6. The minimum absolute atomic E-state index is 0. The Morgan fingerprint density at radius 3 is 2.79 bits per heavy atom. The maximum Gasteiger partial charge on any atom is 0.251 e. The van der Waals surface area contributed by atoms with E-state index in [9.17, 15) is 0 Å². The van der Waals surface area contributed by atoms with Gasteiger partial charge in [-0.05, 0) is 18.6 Å². The van der Waals surface area contributed by atoms with Gasteiger partial charge >= 0.3 is 0 Å². The summed E-state index contributed by atoms with van der Waals surface area (Å²) in [5.41, 5.74) is 4.17. The van der Waals surface area contributed by atoms with Gasteiger partial charge in [-0.3, -0.25) is 0 Å². The van der Waals surface area contributed by atoms with Crippen molar-refractivity contribution in [3.63, 3.8) is 0 Å². The second-order valence-electron chi connectivity index (χ2n) is 4.52. The molecule has 8 nitrogen and oxygen atoms in total. The lowest BCUT2D eigenvalue weighted by molar-refractivity contribution is 0.0992. The van der Waals surface area contributed by atoms with Crippen molar-refractivity contribution in [2.45, 2.75) is 14.4 Å². The molecule has 0 unspecified atom stereocenters. The molecule has 2 aromatic rings. The Kier molecular flexibility index (Phi) is 8.84. The number of aliphatic hydroxyl groups excluding tert-OH is 1. The standard InChI is InChI=1S/C14H19N5O3S.CH4/c1-10-7-12(17-19-14-18-16-9-23-14)13(21-2)8-11(10)15-3-5-22-6-4-20;/h7-9,15,20H,3-6H2,1-2H3;1H4. The summed E-state index contributed by atoms with van der Waals surface area (Å²) >= 11 is 1.31. The van der Waals surface area contributed by atoms with Gasteiger partial charge < -0.3 is 19.9 Å². The van der Waals surface area contributed by atoms with Crippen molar-refractivity contribution in [3.8, 4) is 5.75 Å². The highest BCUT2D eigenvalue weighted by Crippen LogP contribution is 2.34. The number of hydrogen-bond acceptors (Lipinski definition) is 9. The summed E-state index contributed by atoms with van der Waals surface area (Å²) in [7, 11) is 1.59. The van der Waals surface area contributed by atoms with Gasteiger partial charge in [-0.1, -0.05) is 18.8 Å². The first-order valence-electron chi connectivity index (χ1n) is 7.03.